The van der Waals surface area contributed by atoms with Crippen molar-refractivity contribution in [1.29, 1.82) is 0 Å². The van der Waals surface area contributed by atoms with Crippen molar-refractivity contribution in [2.24, 2.45) is 0 Å². The van der Waals surface area contributed by atoms with Crippen molar-refractivity contribution < 1.29 is 19.1 Å². The Morgan fingerprint density at radius 2 is 1.81 bits per heavy atom. The van der Waals surface area contributed by atoms with Crippen LogP contribution in [0.15, 0.2) is 28.7 Å². The van der Waals surface area contributed by atoms with E-state index < -0.39 is 6.10 Å². The van der Waals surface area contributed by atoms with E-state index in [0.29, 0.717) is 5.75 Å². The van der Waals surface area contributed by atoms with Gasteiger partial charge in [-0.2, -0.15) is 0 Å². The van der Waals surface area contributed by atoms with Gasteiger partial charge in [-0.25, -0.2) is 0 Å². The largest absolute Gasteiger partial charge is 0.481 e. The van der Waals surface area contributed by atoms with Crippen LogP contribution in [0.2, 0.25) is 0 Å². The lowest BCUT2D eigenvalue weighted by Gasteiger charge is -2.15. The van der Waals surface area contributed by atoms with Crippen LogP contribution in [-0.4, -0.2) is 30.6 Å². The van der Waals surface area contributed by atoms with Crippen LogP contribution in [0.4, 0.5) is 0 Å². The second-order valence-electron chi connectivity index (χ2n) is 4.79. The number of nitrogens with one attached hydrogen (secondary N) is 1. The quantitative estimate of drug-likeness (QED) is 0.762. The molecular formula is C15H20BrNO4. The topological polar surface area (TPSA) is 64.6 Å². The molecule has 0 aromatic heterocycles. The smallest absolute Gasteiger partial charge is 0.307 e. The van der Waals surface area contributed by atoms with Crippen molar-refractivity contribution in [3.05, 3.63) is 28.7 Å². The van der Waals surface area contributed by atoms with Gasteiger partial charge < -0.3 is 14.8 Å². The molecule has 1 atom stereocenters. The number of ether oxygens (including phenoxy) is 2. The number of hydrogen-bond donors (Lipinski definition) is 1. The lowest BCUT2D eigenvalue weighted by Crippen LogP contribution is -2.37. The predicted octanol–water partition coefficient (Wildman–Crippen LogP) is 2.67. The molecule has 6 heteroatoms. The molecule has 0 saturated heterocycles. The van der Waals surface area contributed by atoms with Crippen molar-refractivity contribution in [2.45, 2.75) is 39.4 Å². The van der Waals surface area contributed by atoms with Crippen LogP contribution in [0, 0.1) is 0 Å². The molecule has 1 amide bonds. The van der Waals surface area contributed by atoms with Crippen LogP contribution < -0.4 is 10.1 Å². The van der Waals surface area contributed by atoms with Gasteiger partial charge in [-0.3, -0.25) is 9.59 Å². The zero-order valence-electron chi connectivity index (χ0n) is 12.4. The lowest BCUT2D eigenvalue weighted by atomic mass is 10.3. The highest BCUT2D eigenvalue weighted by Gasteiger charge is 2.15. The van der Waals surface area contributed by atoms with Gasteiger partial charge >= 0.3 is 5.97 Å². The molecule has 0 bridgehead atoms. The molecule has 0 fully saturated rings. The first-order chi connectivity index (χ1) is 9.88. The summed E-state index contributed by atoms with van der Waals surface area (Å²) < 4.78 is 11.4. The Bertz CT molecular complexity index is 473. The average molecular weight is 358 g/mol. The monoisotopic (exact) mass is 357 g/mol. The number of hydrogen-bond acceptors (Lipinski definition) is 4. The minimum atomic E-state index is -0.632. The summed E-state index contributed by atoms with van der Waals surface area (Å²) in [6.45, 7) is 5.46. The van der Waals surface area contributed by atoms with Crippen LogP contribution in [0.3, 0.4) is 0 Å². The molecule has 0 aliphatic carbocycles. The van der Waals surface area contributed by atoms with E-state index in [2.05, 4.69) is 21.2 Å². The molecule has 1 aromatic carbocycles. The number of rotatable bonds is 7. The maximum Gasteiger partial charge on any atom is 0.307 e. The number of carbonyl (C=O) groups is 2. The predicted molar refractivity (Wildman–Crippen MR) is 83.1 cm³/mol. The molecule has 0 spiro atoms. The Labute approximate surface area is 133 Å². The van der Waals surface area contributed by atoms with E-state index in [1.54, 1.807) is 32.9 Å². The molecule has 21 heavy (non-hydrogen) atoms. The molecule has 0 radical (unpaired) electrons. The Hall–Kier alpha value is -1.56. The van der Waals surface area contributed by atoms with Crippen molar-refractivity contribution in [1.82, 2.24) is 5.32 Å². The van der Waals surface area contributed by atoms with Gasteiger partial charge in [-0.1, -0.05) is 15.9 Å². The summed E-state index contributed by atoms with van der Waals surface area (Å²) in [5.41, 5.74) is 0. The first-order valence-electron chi connectivity index (χ1n) is 6.78. The van der Waals surface area contributed by atoms with Gasteiger partial charge in [0.1, 0.15) is 5.75 Å². The zero-order valence-corrected chi connectivity index (χ0v) is 14.0. The Balaban J connectivity index is 2.31. The maximum atomic E-state index is 11.8. The Kier molecular flexibility index (Phi) is 7.22. The van der Waals surface area contributed by atoms with Crippen molar-refractivity contribution >= 4 is 27.8 Å². The van der Waals surface area contributed by atoms with E-state index in [1.807, 2.05) is 12.1 Å². The van der Waals surface area contributed by atoms with Crippen molar-refractivity contribution in [3.8, 4) is 5.75 Å². The van der Waals surface area contributed by atoms with E-state index >= 15 is 0 Å². The molecule has 1 N–H and O–H groups in total. The first-order valence-corrected chi connectivity index (χ1v) is 7.57. The lowest BCUT2D eigenvalue weighted by molar-refractivity contribution is -0.147. The summed E-state index contributed by atoms with van der Waals surface area (Å²) in [6, 6.07) is 7.21. The fraction of sp³-hybridized carbons (Fsp3) is 0.467. The van der Waals surface area contributed by atoms with Gasteiger partial charge in [0.15, 0.2) is 6.10 Å². The molecular weight excluding hydrogens is 338 g/mol. The normalized spacial score (nSPS) is 11.9. The number of benzene rings is 1. The Morgan fingerprint density at radius 1 is 1.19 bits per heavy atom. The molecule has 1 rings (SSSR count). The second kappa shape index (κ2) is 8.67. The molecule has 116 valence electrons. The average Bonchev–Trinajstić information content (AvgIpc) is 2.40. The molecule has 5 nitrogen and oxygen atoms in total. The van der Waals surface area contributed by atoms with Crippen LogP contribution in [0.25, 0.3) is 0 Å². The minimum Gasteiger partial charge on any atom is -0.481 e. The number of amides is 1. The summed E-state index contributed by atoms with van der Waals surface area (Å²) in [6.07, 6.45) is -0.630. The SMILES string of the molecule is CC(C)OC(=O)CCNC(=O)C(C)Oc1ccc(Br)cc1. The number of halogens is 1. The van der Waals surface area contributed by atoms with Crippen LogP contribution in [0.1, 0.15) is 27.2 Å². The highest BCUT2D eigenvalue weighted by Crippen LogP contribution is 2.17. The van der Waals surface area contributed by atoms with Crippen molar-refractivity contribution in [3.63, 3.8) is 0 Å². The first kappa shape index (κ1) is 17.5. The van der Waals surface area contributed by atoms with E-state index in [0.717, 1.165) is 4.47 Å². The third-order valence-electron chi connectivity index (χ3n) is 2.49. The van der Waals surface area contributed by atoms with Gasteiger partial charge in [-0.15, -0.1) is 0 Å². The standard InChI is InChI=1S/C15H20BrNO4/c1-10(2)20-14(18)8-9-17-15(19)11(3)21-13-6-4-12(16)5-7-13/h4-7,10-11H,8-9H2,1-3H3,(H,17,19). The van der Waals surface area contributed by atoms with Crippen LogP contribution in [-0.2, 0) is 14.3 Å². The van der Waals surface area contributed by atoms with Crippen LogP contribution >= 0.6 is 15.9 Å². The van der Waals surface area contributed by atoms with Gasteiger partial charge in [0.25, 0.3) is 5.91 Å². The number of carbonyl (C=O) groups excluding carboxylic acids is 2. The molecule has 0 saturated carbocycles. The summed E-state index contributed by atoms with van der Waals surface area (Å²) in [7, 11) is 0. The zero-order chi connectivity index (χ0) is 15.8. The third kappa shape index (κ3) is 7.13. The van der Waals surface area contributed by atoms with E-state index in [4.69, 9.17) is 9.47 Å². The van der Waals surface area contributed by atoms with E-state index in [9.17, 15) is 9.59 Å². The van der Waals surface area contributed by atoms with Gasteiger partial charge in [0, 0.05) is 11.0 Å². The van der Waals surface area contributed by atoms with Gasteiger partial charge in [0.2, 0.25) is 0 Å². The molecule has 0 aliphatic rings. The summed E-state index contributed by atoms with van der Waals surface area (Å²) in [5, 5.41) is 2.64. The van der Waals surface area contributed by atoms with E-state index in [-0.39, 0.29) is 30.9 Å². The molecule has 0 heterocycles. The summed E-state index contributed by atoms with van der Waals surface area (Å²) >= 11 is 3.33. The van der Waals surface area contributed by atoms with Gasteiger partial charge in [0.05, 0.1) is 12.5 Å². The van der Waals surface area contributed by atoms with Gasteiger partial charge in [-0.05, 0) is 45.0 Å². The number of esters is 1. The fourth-order valence-electron chi connectivity index (χ4n) is 1.52. The van der Waals surface area contributed by atoms with Crippen LogP contribution in [0.5, 0.6) is 5.75 Å². The molecule has 1 aromatic rings. The summed E-state index contributed by atoms with van der Waals surface area (Å²) in [4.78, 5) is 23.1. The fourth-order valence-corrected chi connectivity index (χ4v) is 1.79. The summed E-state index contributed by atoms with van der Waals surface area (Å²) in [5.74, 6) is 0.0158. The highest BCUT2D eigenvalue weighted by molar-refractivity contribution is 9.10. The molecule has 1 unspecified atom stereocenters. The maximum absolute atomic E-state index is 11.8. The second-order valence-corrected chi connectivity index (χ2v) is 5.71. The minimum absolute atomic E-state index is 0.145. The van der Waals surface area contributed by atoms with E-state index in [1.165, 1.54) is 0 Å². The molecule has 0 aliphatic heterocycles. The Morgan fingerprint density at radius 3 is 2.38 bits per heavy atom. The third-order valence-corrected chi connectivity index (χ3v) is 3.02. The highest BCUT2D eigenvalue weighted by atomic mass is 79.9. The van der Waals surface area contributed by atoms with Crippen molar-refractivity contribution in [2.75, 3.05) is 6.54 Å².